The van der Waals surface area contributed by atoms with Crippen molar-refractivity contribution in [3.8, 4) is 0 Å². The number of amides is 2. The average Bonchev–Trinajstić information content (AvgIpc) is 3.93. The number of rotatable bonds is 12. The van der Waals surface area contributed by atoms with E-state index >= 15 is 0 Å². The minimum atomic E-state index is -4.00. The summed E-state index contributed by atoms with van der Waals surface area (Å²) in [6, 6.07) is 12.1. The van der Waals surface area contributed by atoms with Gasteiger partial charge in [-0.2, -0.15) is 0 Å². The Kier molecular flexibility index (Phi) is 9.08. The second-order valence-corrected chi connectivity index (χ2v) is 15.1. The van der Waals surface area contributed by atoms with Crippen LogP contribution in [0.1, 0.15) is 63.9 Å². The van der Waals surface area contributed by atoms with Crippen molar-refractivity contribution < 1.29 is 27.6 Å². The molecule has 8 nitrogen and oxygen atoms in total. The van der Waals surface area contributed by atoms with E-state index in [1.165, 1.54) is 21.9 Å². The Morgan fingerprint density at radius 3 is 2.26 bits per heavy atom. The monoisotopic (exact) mass is 646 g/mol. The normalized spacial score (nSPS) is 21.7. The highest BCUT2D eigenvalue weighted by molar-refractivity contribution is 7.92. The third kappa shape index (κ3) is 6.26. The van der Waals surface area contributed by atoms with Crippen LogP contribution in [0.15, 0.2) is 53.4 Å². The Balaban J connectivity index is 1.44. The Morgan fingerprint density at radius 2 is 1.67 bits per heavy atom. The molecule has 1 aliphatic heterocycles. The molecule has 2 aliphatic carbocycles. The number of hydrogen-bond donors (Lipinski definition) is 0. The Morgan fingerprint density at radius 1 is 1.02 bits per heavy atom. The van der Waals surface area contributed by atoms with Crippen molar-refractivity contribution in [1.82, 2.24) is 9.80 Å². The molecule has 0 N–H and O–H groups in total. The number of carbonyl (C=O) groups excluding carboxylic acids is 4. The molecule has 3 fully saturated rings. The molecule has 3 atom stereocenters. The lowest BCUT2D eigenvalue weighted by Crippen LogP contribution is -2.47. The van der Waals surface area contributed by atoms with E-state index in [1.807, 2.05) is 6.92 Å². The van der Waals surface area contributed by atoms with Crippen molar-refractivity contribution in [2.24, 2.45) is 5.92 Å². The molecule has 0 aromatic heterocycles. The van der Waals surface area contributed by atoms with E-state index in [4.69, 9.17) is 23.2 Å². The van der Waals surface area contributed by atoms with Crippen LogP contribution in [-0.2, 0) is 34.4 Å². The van der Waals surface area contributed by atoms with Crippen LogP contribution in [0.25, 0.3) is 0 Å². The van der Waals surface area contributed by atoms with Gasteiger partial charge in [0.15, 0.2) is 15.6 Å². The van der Waals surface area contributed by atoms with Crippen molar-refractivity contribution >= 4 is 56.4 Å². The van der Waals surface area contributed by atoms with Gasteiger partial charge in [-0.15, -0.1) is 0 Å². The van der Waals surface area contributed by atoms with E-state index in [9.17, 15) is 27.6 Å². The SMILES string of the molecule is CCC[C@H](CC(=O)[C@@H]1C[C@@H](S(=O)(=O)c2ccccc2Cl)CN1C(=O)C1(c2ccc(Cl)cc2)CC1)C(=O)C(=O)N(C)C1CC1. The fraction of sp³-hybridized carbons (Fsp3) is 0.500. The topological polar surface area (TPSA) is 109 Å². The van der Waals surface area contributed by atoms with Gasteiger partial charge in [-0.1, -0.05) is 60.8 Å². The van der Waals surface area contributed by atoms with Gasteiger partial charge in [0, 0.05) is 37.0 Å². The summed E-state index contributed by atoms with van der Waals surface area (Å²) in [6.45, 7) is 1.70. The van der Waals surface area contributed by atoms with E-state index < -0.39 is 49.9 Å². The maximum atomic E-state index is 14.2. The first kappa shape index (κ1) is 31.7. The molecule has 2 aromatic rings. The number of carbonyl (C=O) groups is 4. The molecule has 3 aliphatic rings. The maximum absolute atomic E-state index is 14.2. The standard InChI is InChI=1S/C32H36Cl2N2O6S/c1-3-6-20(29(38)30(39)35(2)23-13-14-23)17-27(37)26-18-24(43(41,42)28-8-5-4-7-25(28)34)19-36(26)31(40)32(15-16-32)21-9-11-22(33)12-10-21/h4-5,7-12,20,23-24,26H,3,6,13-19H2,1-2H3/t20-,24-,26+/m1/s1. The first-order valence-electron chi connectivity index (χ1n) is 14.8. The van der Waals surface area contributed by atoms with Crippen molar-refractivity contribution in [3.63, 3.8) is 0 Å². The van der Waals surface area contributed by atoms with Crippen LogP contribution in [-0.4, -0.2) is 72.5 Å². The minimum absolute atomic E-state index is 0.0475. The second-order valence-electron chi connectivity index (χ2n) is 12.1. The van der Waals surface area contributed by atoms with Gasteiger partial charge in [-0.05, 0) is 68.4 Å². The number of likely N-dealkylation sites (tertiary alicyclic amines) is 1. The van der Waals surface area contributed by atoms with Crippen molar-refractivity contribution in [3.05, 3.63) is 64.1 Å². The van der Waals surface area contributed by atoms with Crippen LogP contribution in [0.2, 0.25) is 10.0 Å². The number of Topliss-reactive ketones (excluding diaryl/α,β-unsaturated/α-hetero) is 2. The fourth-order valence-corrected chi connectivity index (χ4v) is 8.58. The predicted molar refractivity (Wildman–Crippen MR) is 164 cm³/mol. The van der Waals surface area contributed by atoms with Gasteiger partial charge in [0.25, 0.3) is 5.91 Å². The van der Waals surface area contributed by atoms with Gasteiger partial charge in [-0.3, -0.25) is 19.2 Å². The number of nitrogens with zero attached hydrogens (tertiary/aromatic N) is 2. The molecule has 1 heterocycles. The Bertz CT molecular complexity index is 1540. The zero-order valence-electron chi connectivity index (χ0n) is 24.3. The summed E-state index contributed by atoms with van der Waals surface area (Å²) in [5.74, 6) is -2.78. The quantitative estimate of drug-likeness (QED) is 0.299. The summed E-state index contributed by atoms with van der Waals surface area (Å²) in [7, 11) is -2.40. The highest BCUT2D eigenvalue weighted by Crippen LogP contribution is 2.51. The molecule has 11 heteroatoms. The van der Waals surface area contributed by atoms with Crippen LogP contribution in [0.4, 0.5) is 0 Å². The fourth-order valence-electron chi connectivity index (χ4n) is 6.23. The van der Waals surface area contributed by atoms with Crippen LogP contribution < -0.4 is 0 Å². The summed E-state index contributed by atoms with van der Waals surface area (Å²) in [6.07, 6.45) is 3.39. The van der Waals surface area contributed by atoms with Crippen molar-refractivity contribution in [2.75, 3.05) is 13.6 Å². The second kappa shape index (κ2) is 12.3. The molecule has 0 unspecified atom stereocenters. The first-order valence-corrected chi connectivity index (χ1v) is 17.1. The van der Waals surface area contributed by atoms with Crippen LogP contribution in [0, 0.1) is 5.92 Å². The van der Waals surface area contributed by atoms with Gasteiger partial charge < -0.3 is 9.80 Å². The largest absolute Gasteiger partial charge is 0.336 e. The molecule has 43 heavy (non-hydrogen) atoms. The summed E-state index contributed by atoms with van der Waals surface area (Å²) < 4.78 is 27.6. The lowest BCUT2D eigenvalue weighted by atomic mass is 9.88. The molecule has 0 radical (unpaired) electrons. The first-order chi connectivity index (χ1) is 20.4. The van der Waals surface area contributed by atoms with E-state index in [1.54, 1.807) is 43.4 Å². The number of ketones is 2. The van der Waals surface area contributed by atoms with E-state index in [0.717, 1.165) is 18.4 Å². The summed E-state index contributed by atoms with van der Waals surface area (Å²) in [4.78, 5) is 57.2. The number of halogens is 2. The van der Waals surface area contributed by atoms with Crippen LogP contribution in [0.5, 0.6) is 0 Å². The molecule has 2 aromatic carbocycles. The lowest BCUT2D eigenvalue weighted by Gasteiger charge is -2.29. The molecule has 5 rings (SSSR count). The van der Waals surface area contributed by atoms with E-state index in [-0.39, 0.29) is 41.3 Å². The molecule has 2 saturated carbocycles. The number of benzene rings is 2. The van der Waals surface area contributed by atoms with Crippen molar-refractivity contribution in [2.45, 2.75) is 85.9 Å². The summed E-state index contributed by atoms with van der Waals surface area (Å²) >= 11 is 12.4. The third-order valence-corrected chi connectivity index (χ3v) is 12.0. The van der Waals surface area contributed by atoms with Gasteiger partial charge in [0.05, 0.1) is 26.6 Å². The molecule has 230 valence electrons. The smallest absolute Gasteiger partial charge is 0.290 e. The number of hydrogen-bond acceptors (Lipinski definition) is 6. The predicted octanol–water partition coefficient (Wildman–Crippen LogP) is 5.03. The zero-order chi connectivity index (χ0) is 31.1. The van der Waals surface area contributed by atoms with Gasteiger partial charge in [0.1, 0.15) is 0 Å². The highest BCUT2D eigenvalue weighted by atomic mass is 35.5. The molecular weight excluding hydrogens is 611 g/mol. The van der Waals surface area contributed by atoms with Gasteiger partial charge in [-0.25, -0.2) is 8.42 Å². The molecular formula is C32H36Cl2N2O6S. The van der Waals surface area contributed by atoms with E-state index in [0.29, 0.717) is 30.7 Å². The summed E-state index contributed by atoms with van der Waals surface area (Å²) in [5.41, 5.74) is -0.105. The van der Waals surface area contributed by atoms with Crippen LogP contribution in [0.3, 0.4) is 0 Å². The zero-order valence-corrected chi connectivity index (χ0v) is 26.6. The Hall–Kier alpha value is -2.75. The number of likely N-dealkylation sites (N-methyl/N-ethyl adjacent to an activating group) is 1. The number of sulfone groups is 1. The van der Waals surface area contributed by atoms with Crippen molar-refractivity contribution in [1.29, 1.82) is 0 Å². The lowest BCUT2D eigenvalue weighted by molar-refractivity contribution is -0.147. The van der Waals surface area contributed by atoms with Crippen LogP contribution >= 0.6 is 23.2 Å². The molecule has 2 amide bonds. The Labute approximate surface area is 262 Å². The molecule has 0 spiro atoms. The minimum Gasteiger partial charge on any atom is -0.336 e. The van der Waals surface area contributed by atoms with Gasteiger partial charge >= 0.3 is 0 Å². The molecule has 0 bridgehead atoms. The highest BCUT2D eigenvalue weighted by Gasteiger charge is 2.57. The molecule has 1 saturated heterocycles. The maximum Gasteiger partial charge on any atom is 0.290 e. The van der Waals surface area contributed by atoms with Gasteiger partial charge in [0.2, 0.25) is 11.7 Å². The van der Waals surface area contributed by atoms with E-state index in [2.05, 4.69) is 0 Å². The summed E-state index contributed by atoms with van der Waals surface area (Å²) in [5, 5.41) is -0.461. The third-order valence-electron chi connectivity index (χ3n) is 9.11. The average molecular weight is 648 g/mol.